The molecule has 0 saturated carbocycles. The van der Waals surface area contributed by atoms with Gasteiger partial charge in [0.1, 0.15) is 9.12 Å². The quantitative estimate of drug-likeness (QED) is 0.385. The summed E-state index contributed by atoms with van der Waals surface area (Å²) in [6.07, 6.45) is 0. The van der Waals surface area contributed by atoms with Gasteiger partial charge in [-0.05, 0) is 0 Å². The molecule has 0 saturated heterocycles. The Bertz CT molecular complexity index is 6.85. The van der Waals surface area contributed by atoms with Gasteiger partial charge >= 0.3 is 18.6 Å². The average molecular weight is 135 g/mol. The van der Waals surface area contributed by atoms with Gasteiger partial charge in [-0.2, -0.15) is 0 Å². The zero-order chi connectivity index (χ0) is 2.00. The van der Waals surface area contributed by atoms with E-state index in [4.69, 9.17) is 4.57 Å². The molecule has 4 N–H and O–H groups in total. The van der Waals surface area contributed by atoms with Crippen LogP contribution in [-0.4, -0.2) is 11.0 Å². The molecule has 0 spiro atoms. The molecule has 0 aliphatic rings. The molecule has 0 aliphatic heterocycles. The summed E-state index contributed by atoms with van der Waals surface area (Å²) < 4.78 is 8.06. The molecule has 0 rings (SSSR count). The van der Waals surface area contributed by atoms with Crippen LogP contribution in [0.4, 0.5) is 0 Å². The summed E-state index contributed by atoms with van der Waals surface area (Å²) in [6.45, 7) is 0. The van der Waals surface area contributed by atoms with Crippen LogP contribution in [0, 0.1) is 0 Å². The third-order valence-electron chi connectivity index (χ3n) is 0. The summed E-state index contributed by atoms with van der Waals surface area (Å²) in [5.74, 6) is 0. The first-order valence-corrected chi connectivity index (χ1v) is 0.612. The Hall–Kier alpha value is 0.604. The number of hydrogen-bond donors (Lipinski definition) is 0. The molecule has 5 heavy (non-hydrogen) atoms. The standard InChI is InChI=1S/HOP.2H2O.V/c1-2;;;/h2H;2*1H2;/q;;;+4. The molecule has 0 heterocycles. The van der Waals surface area contributed by atoms with Crippen LogP contribution in [0.2, 0.25) is 0 Å². The molecule has 0 aromatic carbocycles. The third kappa shape index (κ3) is 85.5. The van der Waals surface area contributed by atoms with Crippen LogP contribution in [0.5, 0.6) is 0 Å². The second-order valence-corrected chi connectivity index (χ2v) is 0. The molecule has 3 nitrogen and oxygen atoms in total. The van der Waals surface area contributed by atoms with Crippen molar-refractivity contribution < 1.29 is 34.1 Å². The smallest absolute Gasteiger partial charge is 0.412 e. The SMILES string of the molecule is O.O.O=P.[V+4]. The molecule has 0 aliphatic carbocycles. The summed E-state index contributed by atoms with van der Waals surface area (Å²) >= 11 is 0. The van der Waals surface area contributed by atoms with Crippen molar-refractivity contribution in [2.45, 2.75) is 0 Å². The van der Waals surface area contributed by atoms with E-state index >= 15 is 0 Å². The maximum atomic E-state index is 8.06. The van der Waals surface area contributed by atoms with E-state index < -0.39 is 0 Å². The summed E-state index contributed by atoms with van der Waals surface area (Å²) in [7, 11) is 1.72. The third-order valence-corrected chi connectivity index (χ3v) is 0. The Kier molecular flexibility index (Phi) is 1510. The van der Waals surface area contributed by atoms with Crippen molar-refractivity contribution in [2.75, 3.05) is 0 Å². The molecule has 0 fully saturated rings. The van der Waals surface area contributed by atoms with Gasteiger partial charge in [-0.25, -0.2) is 0 Å². The Morgan fingerprint density at radius 3 is 1.00 bits per heavy atom. The molecule has 0 amide bonds. The molecule has 0 aromatic rings. The van der Waals surface area contributed by atoms with Crippen molar-refractivity contribution in [1.29, 1.82) is 0 Å². The first kappa shape index (κ1) is 46.2. The van der Waals surface area contributed by atoms with Gasteiger partial charge in [0, 0.05) is 0 Å². The van der Waals surface area contributed by atoms with Gasteiger partial charge < -0.3 is 11.0 Å². The van der Waals surface area contributed by atoms with Crippen LogP contribution in [0.1, 0.15) is 0 Å². The molecular formula is H5O3PV+4. The zero-order valence-electron chi connectivity index (χ0n) is 2.36. The molecule has 1 radical (unpaired) electrons. The van der Waals surface area contributed by atoms with Gasteiger partial charge in [-0.1, -0.05) is 0 Å². The van der Waals surface area contributed by atoms with E-state index in [0.717, 1.165) is 0 Å². The van der Waals surface area contributed by atoms with Crippen LogP contribution in [0.15, 0.2) is 0 Å². The average Bonchev–Trinajstić information content (AvgIpc) is 1.00. The summed E-state index contributed by atoms with van der Waals surface area (Å²) in [4.78, 5) is 0. The predicted molar refractivity (Wildman–Crippen MR) is 16.2 cm³/mol. The zero-order valence-corrected chi connectivity index (χ0v) is 4.75. The Labute approximate surface area is 43.9 Å². The first-order valence-electron chi connectivity index (χ1n) is 0.204. The number of rotatable bonds is 0. The predicted octanol–water partition coefficient (Wildman–Crippen LogP) is -1.18. The summed E-state index contributed by atoms with van der Waals surface area (Å²) in [6, 6.07) is 0. The van der Waals surface area contributed by atoms with E-state index in [0.29, 0.717) is 0 Å². The van der Waals surface area contributed by atoms with Crippen molar-refractivity contribution in [3.05, 3.63) is 0 Å². The van der Waals surface area contributed by atoms with Gasteiger partial charge in [0.05, 0.1) is 0 Å². The fourth-order valence-electron chi connectivity index (χ4n) is 0. The van der Waals surface area contributed by atoms with Crippen LogP contribution < -0.4 is 0 Å². The van der Waals surface area contributed by atoms with E-state index in [1.54, 1.807) is 9.12 Å². The minimum Gasteiger partial charge on any atom is -0.412 e. The van der Waals surface area contributed by atoms with Gasteiger partial charge in [0.2, 0.25) is 0 Å². The van der Waals surface area contributed by atoms with Crippen molar-refractivity contribution >= 4 is 9.12 Å². The minimum absolute atomic E-state index is 0. The monoisotopic (exact) mass is 135 g/mol. The van der Waals surface area contributed by atoms with Crippen LogP contribution in [0.3, 0.4) is 0 Å². The second kappa shape index (κ2) is 164. The molecular weight excluding hydrogens is 130 g/mol. The molecule has 0 unspecified atom stereocenters. The fourth-order valence-corrected chi connectivity index (χ4v) is 0. The Balaban J connectivity index is -0.00000000167. The number of hydrogen-bond acceptors (Lipinski definition) is 1. The van der Waals surface area contributed by atoms with Crippen molar-refractivity contribution in [3.63, 3.8) is 0 Å². The van der Waals surface area contributed by atoms with Crippen LogP contribution in [0.25, 0.3) is 0 Å². The topological polar surface area (TPSA) is 80.1 Å². The van der Waals surface area contributed by atoms with E-state index in [9.17, 15) is 0 Å². The van der Waals surface area contributed by atoms with Crippen molar-refractivity contribution in [2.24, 2.45) is 0 Å². The summed E-state index contributed by atoms with van der Waals surface area (Å²) in [5, 5.41) is 0. The molecule has 0 aromatic heterocycles. The Morgan fingerprint density at radius 1 is 1.00 bits per heavy atom. The minimum atomic E-state index is 0. The van der Waals surface area contributed by atoms with Crippen LogP contribution >= 0.6 is 9.12 Å². The maximum absolute atomic E-state index is 8.06. The summed E-state index contributed by atoms with van der Waals surface area (Å²) in [5.41, 5.74) is 0. The van der Waals surface area contributed by atoms with Gasteiger partial charge in [-0.15, -0.1) is 0 Å². The molecule has 29 valence electrons. The largest absolute Gasteiger partial charge is 4.00 e. The van der Waals surface area contributed by atoms with Gasteiger partial charge in [-0.3, -0.25) is 4.57 Å². The molecule has 5 heteroatoms. The van der Waals surface area contributed by atoms with Crippen LogP contribution in [-0.2, 0) is 23.1 Å². The molecule has 0 atom stereocenters. The van der Waals surface area contributed by atoms with E-state index in [1.807, 2.05) is 0 Å². The second-order valence-electron chi connectivity index (χ2n) is 0. The van der Waals surface area contributed by atoms with E-state index in [-0.39, 0.29) is 29.5 Å². The van der Waals surface area contributed by atoms with Gasteiger partial charge in [0.15, 0.2) is 0 Å². The Morgan fingerprint density at radius 2 is 1.00 bits per heavy atom. The molecule has 0 bridgehead atoms. The van der Waals surface area contributed by atoms with Crippen molar-refractivity contribution in [3.8, 4) is 0 Å². The van der Waals surface area contributed by atoms with Crippen molar-refractivity contribution in [1.82, 2.24) is 0 Å². The normalized spacial score (nSPS) is 0.800. The van der Waals surface area contributed by atoms with Gasteiger partial charge in [0.25, 0.3) is 0 Å². The first-order chi connectivity index (χ1) is 1.00. The fraction of sp³-hybridized carbons (Fsp3) is 0. The van der Waals surface area contributed by atoms with E-state index in [1.165, 1.54) is 0 Å². The van der Waals surface area contributed by atoms with E-state index in [2.05, 4.69) is 0 Å². The maximum Gasteiger partial charge on any atom is 4.00 e.